The summed E-state index contributed by atoms with van der Waals surface area (Å²) in [6, 6.07) is 2.14. The predicted molar refractivity (Wildman–Crippen MR) is 238 cm³/mol. The summed E-state index contributed by atoms with van der Waals surface area (Å²) in [5, 5.41) is 23.7. The number of hydrogen-bond donors (Lipinski definition) is 6. The number of nitrogens with two attached hydrogens (primary N) is 2. The number of nitro groups is 1. The zero-order valence-electron chi connectivity index (χ0n) is 36.6. The number of rotatable bonds is 22. The fraction of sp³-hybridized carbons (Fsp3) is 0.514. The molecule has 2 aliphatic rings. The topological polar surface area (TPSA) is 409 Å². The molecule has 0 bridgehead atoms. The van der Waals surface area contributed by atoms with Crippen LogP contribution in [0.15, 0.2) is 41.8 Å². The zero-order valence-corrected chi connectivity index (χ0v) is 40.0. The molecule has 0 spiro atoms. The molecule has 3 aromatic heterocycles. The van der Waals surface area contributed by atoms with Crippen molar-refractivity contribution in [2.45, 2.75) is 69.0 Å². The Morgan fingerprint density at radius 2 is 1.75 bits per heavy atom. The Labute approximate surface area is 397 Å². The minimum atomic E-state index is -5.30. The number of likely N-dealkylation sites (N-methyl/N-ethyl adjacent to an activating group) is 1. The molecule has 0 radical (unpaired) electrons. The lowest BCUT2D eigenvalue weighted by molar-refractivity contribution is -0.385. The number of phosphoric acid groups is 2. The average molecular weight is 1050 g/mol. The fourth-order valence-electron chi connectivity index (χ4n) is 6.91. The maximum atomic E-state index is 14.2. The molecule has 4 aromatic rings. The summed E-state index contributed by atoms with van der Waals surface area (Å²) in [7, 11) is -4.13. The summed E-state index contributed by atoms with van der Waals surface area (Å²) in [6.45, 7) is -0.655. The van der Waals surface area contributed by atoms with Crippen LogP contribution in [0.3, 0.4) is 0 Å². The minimum Gasteiger partial charge on any atom is -0.493 e. The van der Waals surface area contributed by atoms with Crippen molar-refractivity contribution in [3.63, 3.8) is 0 Å². The van der Waals surface area contributed by atoms with Gasteiger partial charge in [-0.3, -0.25) is 37.7 Å². The van der Waals surface area contributed by atoms with Crippen molar-refractivity contribution in [1.82, 2.24) is 34.0 Å². The third-order valence-electron chi connectivity index (χ3n) is 10.2. The number of fused-ring (bicyclic) bond motifs is 1. The van der Waals surface area contributed by atoms with Crippen LogP contribution in [-0.4, -0.2) is 153 Å². The number of amides is 1. The second-order valence-corrected chi connectivity index (χ2v) is 20.0. The molecular formula is C35H46N10O20P2S2. The summed E-state index contributed by atoms with van der Waals surface area (Å²) >= 11 is 0. The van der Waals surface area contributed by atoms with Crippen LogP contribution in [0.2, 0.25) is 0 Å². The average Bonchev–Trinajstić information content (AvgIpc) is 3.99. The van der Waals surface area contributed by atoms with Gasteiger partial charge in [-0.1, -0.05) is 28.5 Å². The molecule has 2 saturated heterocycles. The van der Waals surface area contributed by atoms with E-state index in [2.05, 4.69) is 24.5 Å². The Kier molecular flexibility index (Phi) is 17.5. The van der Waals surface area contributed by atoms with E-state index in [1.807, 2.05) is 6.92 Å². The van der Waals surface area contributed by atoms with E-state index < -0.39 is 113 Å². The molecule has 6 rings (SSSR count). The van der Waals surface area contributed by atoms with E-state index in [-0.39, 0.29) is 52.0 Å². The second-order valence-electron chi connectivity index (χ2n) is 14.6. The number of methoxy groups -OCH3 is 2. The first-order chi connectivity index (χ1) is 32.6. The number of benzene rings is 1. The molecular weight excluding hydrogens is 1010 g/mol. The molecule has 0 saturated carbocycles. The van der Waals surface area contributed by atoms with Crippen LogP contribution in [-0.2, 0) is 53.1 Å². The number of phosphoric ester groups is 2. The van der Waals surface area contributed by atoms with Crippen LogP contribution in [0.1, 0.15) is 31.4 Å². The largest absolute Gasteiger partial charge is 0.493 e. The smallest absolute Gasteiger partial charge is 0.472 e. The molecule has 1 aromatic carbocycles. The van der Waals surface area contributed by atoms with Gasteiger partial charge in [0.15, 0.2) is 35.3 Å². The highest BCUT2D eigenvalue weighted by Gasteiger charge is 2.50. The van der Waals surface area contributed by atoms with Crippen LogP contribution >= 0.6 is 37.2 Å². The number of esters is 1. The van der Waals surface area contributed by atoms with E-state index in [0.29, 0.717) is 5.75 Å². The molecule has 5 heterocycles. The first kappa shape index (κ1) is 53.1. The van der Waals surface area contributed by atoms with Gasteiger partial charge in [0, 0.05) is 31.2 Å². The van der Waals surface area contributed by atoms with E-state index in [1.54, 1.807) is 0 Å². The number of aliphatic hydroxyl groups excluding tert-OH is 1. The van der Waals surface area contributed by atoms with Crippen LogP contribution < -0.4 is 26.6 Å². The number of nitrogen functional groups attached to an aromatic ring is 2. The number of aliphatic hydroxyl groups is 1. The van der Waals surface area contributed by atoms with E-state index in [1.165, 1.54) is 72.1 Å². The van der Waals surface area contributed by atoms with Crippen molar-refractivity contribution >= 4 is 77.8 Å². The number of aromatic nitrogens is 6. The van der Waals surface area contributed by atoms with Gasteiger partial charge in [-0.15, -0.1) is 0 Å². The molecule has 69 heavy (non-hydrogen) atoms. The maximum absolute atomic E-state index is 14.2. The van der Waals surface area contributed by atoms with Gasteiger partial charge >= 0.3 is 33.4 Å². The minimum absolute atomic E-state index is 0.0337. The number of carbonyl (C=O) groups excluding carboxylic acids is 2. The van der Waals surface area contributed by atoms with E-state index >= 15 is 0 Å². The van der Waals surface area contributed by atoms with Crippen LogP contribution in [0.4, 0.5) is 22.1 Å². The number of nitro benzene ring substituents is 1. The fourth-order valence-corrected chi connectivity index (χ4v) is 10.1. The van der Waals surface area contributed by atoms with E-state index in [4.69, 9.17) is 48.9 Å². The van der Waals surface area contributed by atoms with E-state index in [9.17, 15) is 53.4 Å². The van der Waals surface area contributed by atoms with E-state index in [0.717, 1.165) is 21.9 Å². The normalized spacial score (nSPS) is 22.8. The van der Waals surface area contributed by atoms with Gasteiger partial charge in [0.1, 0.15) is 61.0 Å². The number of ether oxygens (including phenoxy) is 6. The highest BCUT2D eigenvalue weighted by atomic mass is 33.1. The zero-order chi connectivity index (χ0) is 50.4. The Morgan fingerprint density at radius 1 is 1.04 bits per heavy atom. The summed E-state index contributed by atoms with van der Waals surface area (Å²) in [4.78, 5) is 97.9. The predicted octanol–water partition coefficient (Wildman–Crippen LogP) is 1.28. The second kappa shape index (κ2) is 22.7. The van der Waals surface area contributed by atoms with Crippen molar-refractivity contribution in [1.29, 1.82) is 0 Å². The number of nitrogens with zero attached hydrogens (tertiary/aromatic N) is 8. The van der Waals surface area contributed by atoms with Gasteiger partial charge in [0.2, 0.25) is 0 Å². The molecule has 2 unspecified atom stereocenters. The standard InChI is InChI=1S/C35H46N10O20P2S2/c1-5-68-69-14-19(42(2)35(49)59-11-17-8-20(57-3)21(58-4)9-18(17)45(50)51)33(47)64-29-24(63-32(28(29)46)44-16-40-27-30(37)38-15-39-31(27)44)13-61-67(55,56)65-22-10-26(43-7-6-25(36)41-34(43)48)62-23(22)12-60-66(52,53)54/h6-9,15-16,19,22-24,26,28-29,32,46H,5,10-14H2,1-4H3,(H,55,56)(H2,36,41,48)(H2,37,38,39)(H2,52,53,54)/t19?,22-,23+,24+,26+,28+,29+,32+/m0/s1. The highest BCUT2D eigenvalue weighted by molar-refractivity contribution is 8.76. The lowest BCUT2D eigenvalue weighted by Gasteiger charge is -2.29. The van der Waals surface area contributed by atoms with Gasteiger partial charge in [-0.25, -0.2) is 38.5 Å². The molecule has 1 amide bonds. The van der Waals surface area contributed by atoms with Gasteiger partial charge < -0.3 is 59.7 Å². The summed E-state index contributed by atoms with van der Waals surface area (Å²) in [6.07, 6.45) is -8.96. The third kappa shape index (κ3) is 13.0. The summed E-state index contributed by atoms with van der Waals surface area (Å²) in [5.41, 5.74) is 10.3. The van der Waals surface area contributed by atoms with Crippen molar-refractivity contribution in [2.75, 3.05) is 57.5 Å². The summed E-state index contributed by atoms with van der Waals surface area (Å²) in [5.74, 6) is -0.673. The van der Waals surface area contributed by atoms with Crippen molar-refractivity contribution in [3.8, 4) is 11.5 Å². The molecule has 378 valence electrons. The SMILES string of the molecule is CCSSCC(C(=O)O[C@H]1[C@@H](O)[C@H](n2cnc3c(N)ncnc32)O[C@@H]1COP(=O)(O)O[C@H]1C[C@H](n2ccc(N)nc2=O)O[C@@H]1COP(=O)(O)O)N(C)C(=O)OCc1cc(OC)c(OC)cc1[N+](=O)[O-]. The third-order valence-corrected chi connectivity index (χ3v) is 14.2. The molecule has 9 atom stereocenters. The number of imidazole rings is 1. The van der Waals surface area contributed by atoms with Gasteiger partial charge in [0.25, 0.3) is 5.69 Å². The molecule has 34 heteroatoms. The first-order valence-electron chi connectivity index (χ1n) is 20.0. The van der Waals surface area contributed by atoms with Crippen molar-refractivity contribution in [2.24, 2.45) is 0 Å². The molecule has 30 nitrogen and oxygen atoms in total. The molecule has 2 fully saturated rings. The summed E-state index contributed by atoms with van der Waals surface area (Å²) < 4.78 is 76.1. The van der Waals surface area contributed by atoms with Gasteiger partial charge in [-0.2, -0.15) is 4.98 Å². The quantitative estimate of drug-likeness (QED) is 0.0161. The van der Waals surface area contributed by atoms with Crippen molar-refractivity contribution in [3.05, 3.63) is 63.2 Å². The first-order valence-corrected chi connectivity index (χ1v) is 25.5. The lowest BCUT2D eigenvalue weighted by atomic mass is 10.1. The van der Waals surface area contributed by atoms with Crippen molar-refractivity contribution < 1.29 is 85.4 Å². The maximum Gasteiger partial charge on any atom is 0.472 e. The van der Waals surface area contributed by atoms with Crippen LogP contribution in [0.5, 0.6) is 11.5 Å². The number of anilines is 2. The Bertz CT molecular complexity index is 2660. The molecule has 8 N–H and O–H groups in total. The number of hydrogen-bond acceptors (Lipinski definition) is 25. The van der Waals surface area contributed by atoms with Gasteiger partial charge in [-0.05, 0) is 12.1 Å². The Balaban J connectivity index is 1.23. The van der Waals surface area contributed by atoms with Crippen LogP contribution in [0, 0.1) is 10.1 Å². The highest BCUT2D eigenvalue weighted by Crippen LogP contribution is 2.50. The van der Waals surface area contributed by atoms with Crippen LogP contribution in [0.25, 0.3) is 11.2 Å². The molecule has 0 aliphatic carbocycles. The molecule has 2 aliphatic heterocycles. The number of carbonyl (C=O) groups is 2. The van der Waals surface area contributed by atoms with Gasteiger partial charge in [0.05, 0.1) is 50.3 Å². The Morgan fingerprint density at radius 3 is 2.42 bits per heavy atom. The Hall–Kier alpha value is -5.21. The monoisotopic (exact) mass is 1050 g/mol. The lowest BCUT2D eigenvalue weighted by Crippen LogP contribution is -2.48.